The van der Waals surface area contributed by atoms with Crippen molar-refractivity contribution in [1.82, 2.24) is 15.3 Å². The normalized spacial score (nSPS) is 15.7. The number of nitrogens with one attached hydrogen (secondary N) is 2. The Kier molecular flexibility index (Phi) is 7.12. The van der Waals surface area contributed by atoms with Crippen molar-refractivity contribution >= 4 is 58.3 Å². The van der Waals surface area contributed by atoms with Crippen molar-refractivity contribution in [2.24, 2.45) is 5.41 Å². The van der Waals surface area contributed by atoms with Gasteiger partial charge in [0.2, 0.25) is 0 Å². The highest BCUT2D eigenvalue weighted by atomic mass is 35.5. The van der Waals surface area contributed by atoms with Crippen molar-refractivity contribution in [2.45, 2.75) is 26.3 Å². The van der Waals surface area contributed by atoms with Crippen molar-refractivity contribution in [3.63, 3.8) is 0 Å². The second kappa shape index (κ2) is 9.48. The van der Waals surface area contributed by atoms with E-state index in [-0.39, 0.29) is 27.8 Å². The number of carboxylic acids is 1. The number of anilines is 1. The van der Waals surface area contributed by atoms with Crippen LogP contribution in [0.3, 0.4) is 0 Å². The third-order valence-corrected chi connectivity index (χ3v) is 6.38. The molecular weight excluding hydrogens is 475 g/mol. The number of carboxylic acid groups (broad SMARTS) is 1. The van der Waals surface area contributed by atoms with Gasteiger partial charge in [0.1, 0.15) is 0 Å². The van der Waals surface area contributed by atoms with Crippen LogP contribution >= 0.6 is 35.0 Å². The third kappa shape index (κ3) is 4.74. The molecule has 8 nitrogen and oxygen atoms in total. The Morgan fingerprint density at radius 3 is 2.38 bits per heavy atom. The topological polar surface area (TPSA) is 124 Å². The number of rotatable bonds is 8. The standard InChI is InChI=1S/C21H20Cl2N4O4S/c1-21(2)17(16(32-3)18(21)28)27-14(20(30)31)6-10-4-5-11(7-25-10)26-19(29)15-12(22)8-24-9-13(15)23/h4-5,7-9,14,27H,6H2,1-3H3,(H,26,29)(H,30,31)/p-1/t14-/m0/s1. The number of thioether (sulfide) groups is 1. The number of nitrogens with zero attached hydrogens (tertiary/aromatic N) is 2. The fraction of sp³-hybridized carbons (Fsp3) is 0.286. The molecule has 0 bridgehead atoms. The van der Waals surface area contributed by atoms with Gasteiger partial charge in [-0.3, -0.25) is 19.6 Å². The van der Waals surface area contributed by atoms with Crippen molar-refractivity contribution in [3.05, 3.63) is 62.6 Å². The molecule has 0 saturated carbocycles. The van der Waals surface area contributed by atoms with Crippen LogP contribution in [0.2, 0.25) is 10.0 Å². The van der Waals surface area contributed by atoms with Crippen LogP contribution in [-0.2, 0) is 16.0 Å². The van der Waals surface area contributed by atoms with Crippen molar-refractivity contribution in [3.8, 4) is 0 Å². The van der Waals surface area contributed by atoms with E-state index < -0.39 is 23.3 Å². The van der Waals surface area contributed by atoms with Gasteiger partial charge in [-0.1, -0.05) is 23.2 Å². The first-order valence-corrected chi connectivity index (χ1v) is 11.4. The monoisotopic (exact) mass is 493 g/mol. The van der Waals surface area contributed by atoms with E-state index in [1.54, 1.807) is 32.2 Å². The van der Waals surface area contributed by atoms with Crippen molar-refractivity contribution < 1.29 is 19.5 Å². The minimum Gasteiger partial charge on any atom is -0.548 e. The van der Waals surface area contributed by atoms with E-state index in [1.165, 1.54) is 30.4 Å². The van der Waals surface area contributed by atoms with Crippen LogP contribution in [0.4, 0.5) is 5.69 Å². The summed E-state index contributed by atoms with van der Waals surface area (Å²) in [6.07, 6.45) is 5.80. The van der Waals surface area contributed by atoms with Crippen molar-refractivity contribution in [2.75, 3.05) is 11.6 Å². The molecule has 2 aromatic rings. The molecule has 0 unspecified atom stereocenters. The highest BCUT2D eigenvalue weighted by Crippen LogP contribution is 2.45. The summed E-state index contributed by atoms with van der Waals surface area (Å²) in [5, 5.41) is 17.5. The molecule has 0 spiro atoms. The Labute approximate surface area is 198 Å². The molecule has 2 heterocycles. The lowest BCUT2D eigenvalue weighted by Gasteiger charge is -2.40. The number of Topliss-reactive ketones (excluding diaryl/α,β-unsaturated/α-hetero) is 1. The summed E-state index contributed by atoms with van der Waals surface area (Å²) < 4.78 is 0. The largest absolute Gasteiger partial charge is 0.548 e. The molecule has 1 amide bonds. The van der Waals surface area contributed by atoms with Crippen LogP contribution in [0.5, 0.6) is 0 Å². The zero-order valence-corrected chi connectivity index (χ0v) is 19.7. The van der Waals surface area contributed by atoms with E-state index >= 15 is 0 Å². The highest BCUT2D eigenvalue weighted by molar-refractivity contribution is 8.03. The average molecular weight is 494 g/mol. The molecule has 0 fully saturated rings. The van der Waals surface area contributed by atoms with Gasteiger partial charge < -0.3 is 20.5 Å². The zero-order valence-electron chi connectivity index (χ0n) is 17.4. The van der Waals surface area contributed by atoms with Gasteiger partial charge in [0.25, 0.3) is 5.91 Å². The third-order valence-electron chi connectivity index (χ3n) is 5.01. The quantitative estimate of drug-likeness (QED) is 0.574. The minimum absolute atomic E-state index is 0.0218. The SMILES string of the molecule is CSC1=C(N[C@@H](Cc2ccc(NC(=O)c3c(Cl)cncc3Cl)cn2)C(=O)[O-])C(C)(C)C1=O. The molecule has 1 aliphatic carbocycles. The van der Waals surface area contributed by atoms with Crippen molar-refractivity contribution in [1.29, 1.82) is 0 Å². The Morgan fingerprint density at radius 2 is 1.84 bits per heavy atom. The molecule has 2 N–H and O–H groups in total. The first kappa shape index (κ1) is 24.0. The molecule has 3 rings (SSSR count). The molecule has 0 radical (unpaired) electrons. The number of carbonyl (C=O) groups excluding carboxylic acids is 3. The van der Waals surface area contributed by atoms with E-state index in [0.29, 0.717) is 22.0 Å². The molecule has 1 aliphatic rings. The van der Waals surface area contributed by atoms with E-state index in [4.69, 9.17) is 23.2 Å². The second-order valence-corrected chi connectivity index (χ2v) is 9.18. The van der Waals surface area contributed by atoms with Gasteiger partial charge in [-0.15, -0.1) is 11.8 Å². The summed E-state index contributed by atoms with van der Waals surface area (Å²) in [5.41, 5.74) is 0.727. The number of allylic oxidation sites excluding steroid dienone is 2. The van der Waals surface area contributed by atoms with Crippen LogP contribution in [0.25, 0.3) is 0 Å². The maximum atomic E-state index is 12.4. The van der Waals surface area contributed by atoms with Gasteiger partial charge in [-0.05, 0) is 32.2 Å². The predicted octanol–water partition coefficient (Wildman–Crippen LogP) is 2.47. The van der Waals surface area contributed by atoms with E-state index in [1.807, 2.05) is 0 Å². The van der Waals surface area contributed by atoms with Gasteiger partial charge in [0.15, 0.2) is 5.78 Å². The van der Waals surface area contributed by atoms with Crippen LogP contribution < -0.4 is 15.7 Å². The van der Waals surface area contributed by atoms with Gasteiger partial charge in [0, 0.05) is 30.2 Å². The predicted molar refractivity (Wildman–Crippen MR) is 121 cm³/mol. The Morgan fingerprint density at radius 1 is 1.19 bits per heavy atom. The first-order chi connectivity index (χ1) is 15.1. The fourth-order valence-corrected chi connectivity index (χ4v) is 4.69. The Hall–Kier alpha value is -2.62. The molecule has 0 saturated heterocycles. The number of ketones is 1. The summed E-state index contributed by atoms with van der Waals surface area (Å²) in [4.78, 5) is 44.8. The summed E-state index contributed by atoms with van der Waals surface area (Å²) in [5.74, 6) is -1.87. The molecule has 0 aromatic carbocycles. The number of pyridine rings is 2. The van der Waals surface area contributed by atoms with Gasteiger partial charge in [-0.25, -0.2) is 0 Å². The molecule has 32 heavy (non-hydrogen) atoms. The van der Waals surface area contributed by atoms with Crippen LogP contribution in [-0.4, -0.2) is 39.9 Å². The maximum Gasteiger partial charge on any atom is 0.258 e. The molecule has 2 aromatic heterocycles. The number of hydrogen-bond acceptors (Lipinski definition) is 8. The summed E-state index contributed by atoms with van der Waals surface area (Å²) in [6, 6.07) is 2.09. The Bertz CT molecular complexity index is 1100. The zero-order chi connectivity index (χ0) is 23.6. The smallest absolute Gasteiger partial charge is 0.258 e. The summed E-state index contributed by atoms with van der Waals surface area (Å²) in [6.45, 7) is 3.47. The lowest BCUT2D eigenvalue weighted by atomic mass is 9.74. The number of aliphatic carboxylic acids is 1. The molecular formula is C21H19Cl2N4O4S-. The number of hydrogen-bond donors (Lipinski definition) is 2. The fourth-order valence-electron chi connectivity index (χ4n) is 3.19. The van der Waals surface area contributed by atoms with E-state index in [0.717, 1.165) is 0 Å². The second-order valence-electron chi connectivity index (χ2n) is 7.55. The number of halogens is 2. The van der Waals surface area contributed by atoms with Crippen LogP contribution in [0.1, 0.15) is 29.9 Å². The highest BCUT2D eigenvalue weighted by Gasteiger charge is 2.47. The number of aromatic nitrogens is 2. The first-order valence-electron chi connectivity index (χ1n) is 9.42. The number of carbonyl (C=O) groups is 3. The lowest BCUT2D eigenvalue weighted by molar-refractivity contribution is -0.308. The van der Waals surface area contributed by atoms with Crippen LogP contribution in [0, 0.1) is 5.41 Å². The molecule has 1 atom stereocenters. The maximum absolute atomic E-state index is 12.4. The van der Waals surface area contributed by atoms with Gasteiger partial charge >= 0.3 is 0 Å². The van der Waals surface area contributed by atoms with E-state index in [2.05, 4.69) is 20.6 Å². The number of amides is 1. The Balaban J connectivity index is 1.71. The summed E-state index contributed by atoms with van der Waals surface area (Å²) in [7, 11) is 0. The van der Waals surface area contributed by atoms with E-state index in [9.17, 15) is 19.5 Å². The lowest BCUT2D eigenvalue weighted by Crippen LogP contribution is -2.53. The van der Waals surface area contributed by atoms with Gasteiger partial charge in [0.05, 0.1) is 49.8 Å². The minimum atomic E-state index is -1.31. The molecule has 0 aliphatic heterocycles. The average Bonchev–Trinajstić information content (AvgIpc) is 2.73. The van der Waals surface area contributed by atoms with Crippen LogP contribution in [0.15, 0.2) is 41.3 Å². The van der Waals surface area contributed by atoms with Gasteiger partial charge in [-0.2, -0.15) is 0 Å². The molecule has 11 heteroatoms. The summed E-state index contributed by atoms with van der Waals surface area (Å²) >= 11 is 13.3. The molecule has 168 valence electrons.